The average Bonchev–Trinajstić information content (AvgIpc) is 2.86. The van der Waals surface area contributed by atoms with Crippen LogP contribution >= 0.6 is 0 Å². The van der Waals surface area contributed by atoms with Gasteiger partial charge in [0.15, 0.2) is 0 Å². The summed E-state index contributed by atoms with van der Waals surface area (Å²) in [6.45, 7) is 5.01. The Hall–Kier alpha value is -2.57. The molecule has 1 atom stereocenters. The van der Waals surface area contributed by atoms with Crippen LogP contribution in [-0.4, -0.2) is 49.0 Å². The molecule has 7 nitrogen and oxygen atoms in total. The molecule has 1 aromatic rings. The third-order valence-corrected chi connectivity index (χ3v) is 4.32. The van der Waals surface area contributed by atoms with Crippen molar-refractivity contribution in [3.8, 4) is 5.75 Å². The third-order valence-electron chi connectivity index (χ3n) is 4.32. The maximum absolute atomic E-state index is 12.4. The first-order valence-electron chi connectivity index (χ1n) is 8.92. The Bertz CT molecular complexity index is 643. The van der Waals surface area contributed by atoms with Crippen molar-refractivity contribution in [2.75, 3.05) is 20.2 Å². The van der Waals surface area contributed by atoms with Gasteiger partial charge in [0, 0.05) is 13.1 Å². The maximum atomic E-state index is 12.4. The fourth-order valence-corrected chi connectivity index (χ4v) is 2.72. The number of rotatable bonds is 9. The predicted octanol–water partition coefficient (Wildman–Crippen LogP) is 1.71. The average molecular weight is 361 g/mol. The molecule has 2 rings (SSSR count). The molecule has 0 spiro atoms. The standard InChI is InChI=1S/C19H27N3O4/c1-13(2)8-10-20-17(23)12-16-18(24)22(19(25)21-16)11-9-14-4-6-15(26-3)7-5-14/h4-7,13,16H,8-12H2,1-3H3,(H,20,23)(H,21,25)/t16-/m1/s1. The molecule has 0 saturated carbocycles. The molecule has 0 radical (unpaired) electrons. The molecule has 0 aliphatic carbocycles. The van der Waals surface area contributed by atoms with Crippen LogP contribution in [0.4, 0.5) is 4.79 Å². The second kappa shape index (κ2) is 9.22. The van der Waals surface area contributed by atoms with Crippen LogP contribution < -0.4 is 15.4 Å². The lowest BCUT2D eigenvalue weighted by atomic mass is 10.1. The van der Waals surface area contributed by atoms with Crippen molar-refractivity contribution in [1.29, 1.82) is 0 Å². The number of ether oxygens (including phenoxy) is 1. The van der Waals surface area contributed by atoms with E-state index in [0.717, 1.165) is 17.7 Å². The molecule has 0 bridgehead atoms. The molecule has 1 heterocycles. The van der Waals surface area contributed by atoms with Crippen LogP contribution in [0.25, 0.3) is 0 Å². The van der Waals surface area contributed by atoms with Crippen molar-refractivity contribution in [2.45, 2.75) is 39.2 Å². The number of carbonyl (C=O) groups is 3. The minimum absolute atomic E-state index is 0.0261. The Morgan fingerprint density at radius 1 is 1.27 bits per heavy atom. The number of hydrogen-bond acceptors (Lipinski definition) is 4. The first-order valence-corrected chi connectivity index (χ1v) is 8.92. The minimum Gasteiger partial charge on any atom is -0.497 e. The summed E-state index contributed by atoms with van der Waals surface area (Å²) in [4.78, 5) is 37.6. The smallest absolute Gasteiger partial charge is 0.324 e. The number of benzene rings is 1. The zero-order valence-electron chi connectivity index (χ0n) is 15.6. The third kappa shape index (κ3) is 5.47. The van der Waals surface area contributed by atoms with Crippen LogP contribution in [0, 0.1) is 5.92 Å². The fourth-order valence-electron chi connectivity index (χ4n) is 2.72. The van der Waals surface area contributed by atoms with E-state index in [2.05, 4.69) is 24.5 Å². The van der Waals surface area contributed by atoms with E-state index < -0.39 is 12.1 Å². The summed E-state index contributed by atoms with van der Waals surface area (Å²) in [5.74, 6) is 0.688. The van der Waals surface area contributed by atoms with Gasteiger partial charge in [0.1, 0.15) is 11.8 Å². The number of carbonyl (C=O) groups excluding carboxylic acids is 3. The normalized spacial score (nSPS) is 16.8. The van der Waals surface area contributed by atoms with E-state index in [1.54, 1.807) is 7.11 Å². The van der Waals surface area contributed by atoms with E-state index in [-0.39, 0.29) is 24.8 Å². The van der Waals surface area contributed by atoms with Crippen LogP contribution in [-0.2, 0) is 16.0 Å². The Kier molecular flexibility index (Phi) is 7.00. The second-order valence-corrected chi connectivity index (χ2v) is 6.83. The molecule has 1 aliphatic heterocycles. The maximum Gasteiger partial charge on any atom is 0.324 e. The van der Waals surface area contributed by atoms with Gasteiger partial charge in [-0.1, -0.05) is 26.0 Å². The number of hydrogen-bond donors (Lipinski definition) is 2. The van der Waals surface area contributed by atoms with E-state index >= 15 is 0 Å². The molecule has 0 aromatic heterocycles. The highest BCUT2D eigenvalue weighted by Crippen LogP contribution is 2.14. The van der Waals surface area contributed by atoms with Gasteiger partial charge >= 0.3 is 6.03 Å². The van der Waals surface area contributed by atoms with Gasteiger partial charge in [0.2, 0.25) is 5.91 Å². The number of amides is 4. The Morgan fingerprint density at radius 3 is 2.58 bits per heavy atom. The molecule has 1 aromatic carbocycles. The minimum atomic E-state index is -0.780. The summed E-state index contributed by atoms with van der Waals surface area (Å²) in [6, 6.07) is 6.26. The number of nitrogens with one attached hydrogen (secondary N) is 2. The zero-order chi connectivity index (χ0) is 19.1. The molecule has 2 N–H and O–H groups in total. The Balaban J connectivity index is 1.82. The highest BCUT2D eigenvalue weighted by molar-refractivity contribution is 6.05. The van der Waals surface area contributed by atoms with Gasteiger partial charge in [-0.05, 0) is 36.5 Å². The lowest BCUT2D eigenvalue weighted by molar-refractivity contribution is -0.130. The molecule has 142 valence electrons. The van der Waals surface area contributed by atoms with Crippen LogP contribution in [0.15, 0.2) is 24.3 Å². The zero-order valence-corrected chi connectivity index (χ0v) is 15.6. The molecule has 4 amide bonds. The van der Waals surface area contributed by atoms with Gasteiger partial charge in [-0.3, -0.25) is 14.5 Å². The van der Waals surface area contributed by atoms with Crippen molar-refractivity contribution in [3.05, 3.63) is 29.8 Å². The molecule has 1 saturated heterocycles. The van der Waals surface area contributed by atoms with E-state index in [4.69, 9.17) is 4.74 Å². The molecular weight excluding hydrogens is 334 g/mol. The monoisotopic (exact) mass is 361 g/mol. The van der Waals surface area contributed by atoms with Crippen molar-refractivity contribution in [3.63, 3.8) is 0 Å². The topological polar surface area (TPSA) is 87.7 Å². The van der Waals surface area contributed by atoms with Gasteiger partial charge in [-0.25, -0.2) is 4.79 Å². The van der Waals surface area contributed by atoms with Gasteiger partial charge in [0.05, 0.1) is 13.5 Å². The Morgan fingerprint density at radius 2 is 1.96 bits per heavy atom. The molecule has 1 fully saturated rings. The van der Waals surface area contributed by atoms with Gasteiger partial charge in [-0.15, -0.1) is 0 Å². The lowest BCUT2D eigenvalue weighted by Gasteiger charge is -2.13. The van der Waals surface area contributed by atoms with E-state index in [9.17, 15) is 14.4 Å². The molecular formula is C19H27N3O4. The SMILES string of the molecule is COc1ccc(CCN2C(=O)N[C@H](CC(=O)NCCC(C)C)C2=O)cc1. The second-order valence-electron chi connectivity index (χ2n) is 6.83. The number of imide groups is 1. The molecule has 1 aliphatic rings. The van der Waals surface area contributed by atoms with Crippen molar-refractivity contribution < 1.29 is 19.1 Å². The van der Waals surface area contributed by atoms with Crippen LogP contribution in [0.1, 0.15) is 32.3 Å². The van der Waals surface area contributed by atoms with Crippen LogP contribution in [0.2, 0.25) is 0 Å². The first-order chi connectivity index (χ1) is 12.4. The highest BCUT2D eigenvalue weighted by Gasteiger charge is 2.38. The predicted molar refractivity (Wildman–Crippen MR) is 97.8 cm³/mol. The Labute approximate surface area is 154 Å². The van der Waals surface area contributed by atoms with Crippen LogP contribution in [0.5, 0.6) is 5.75 Å². The van der Waals surface area contributed by atoms with Crippen LogP contribution in [0.3, 0.4) is 0 Å². The summed E-state index contributed by atoms with van der Waals surface area (Å²) >= 11 is 0. The quantitative estimate of drug-likeness (QED) is 0.656. The summed E-state index contributed by atoms with van der Waals surface area (Å²) in [5, 5.41) is 5.38. The van der Waals surface area contributed by atoms with Gasteiger partial charge in [-0.2, -0.15) is 0 Å². The molecule has 0 unspecified atom stereocenters. The first kappa shape index (κ1) is 19.8. The van der Waals surface area contributed by atoms with Gasteiger partial charge < -0.3 is 15.4 Å². The number of urea groups is 1. The highest BCUT2D eigenvalue weighted by atomic mass is 16.5. The van der Waals surface area contributed by atoms with Crippen molar-refractivity contribution in [1.82, 2.24) is 15.5 Å². The van der Waals surface area contributed by atoms with E-state index in [0.29, 0.717) is 18.9 Å². The summed E-state index contributed by atoms with van der Waals surface area (Å²) in [7, 11) is 1.60. The lowest BCUT2D eigenvalue weighted by Crippen LogP contribution is -2.37. The van der Waals surface area contributed by atoms with E-state index in [1.165, 1.54) is 4.90 Å². The van der Waals surface area contributed by atoms with E-state index in [1.807, 2.05) is 24.3 Å². The fraction of sp³-hybridized carbons (Fsp3) is 0.526. The summed E-state index contributed by atoms with van der Waals surface area (Å²) < 4.78 is 5.11. The van der Waals surface area contributed by atoms with Crippen molar-refractivity contribution in [2.24, 2.45) is 5.92 Å². The molecule has 26 heavy (non-hydrogen) atoms. The van der Waals surface area contributed by atoms with Crippen molar-refractivity contribution >= 4 is 17.8 Å². The number of methoxy groups -OCH3 is 1. The summed E-state index contributed by atoms with van der Waals surface area (Å²) in [5.41, 5.74) is 1.00. The largest absolute Gasteiger partial charge is 0.497 e. The van der Waals surface area contributed by atoms with Gasteiger partial charge in [0.25, 0.3) is 5.91 Å². The summed E-state index contributed by atoms with van der Waals surface area (Å²) in [6.07, 6.45) is 1.41. The number of nitrogens with zero attached hydrogens (tertiary/aromatic N) is 1. The molecule has 7 heteroatoms.